The van der Waals surface area contributed by atoms with Crippen LogP contribution in [-0.2, 0) is 32.4 Å². The number of aromatic nitrogens is 2. The van der Waals surface area contributed by atoms with Gasteiger partial charge in [-0.3, -0.25) is 14.7 Å². The molecule has 1 N–H and O–H groups in total. The second-order valence-electron chi connectivity index (χ2n) is 8.33. The summed E-state index contributed by atoms with van der Waals surface area (Å²) in [5.41, 5.74) is 1.55. The van der Waals surface area contributed by atoms with Crippen molar-refractivity contribution in [1.29, 1.82) is 0 Å². The Balaban J connectivity index is 1.50. The topological polar surface area (TPSA) is 80.5 Å². The molecule has 2 heterocycles. The fourth-order valence-electron chi connectivity index (χ4n) is 3.80. The fraction of sp³-hybridized carbons (Fsp3) is 0.222. The summed E-state index contributed by atoms with van der Waals surface area (Å²) >= 11 is 0. The summed E-state index contributed by atoms with van der Waals surface area (Å²) in [6, 6.07) is 16.2. The number of carbonyl (C=O) groups excluding carboxylic acids is 1. The molecule has 10 heteroatoms. The minimum absolute atomic E-state index is 0.107. The number of hydrogen-bond donors (Lipinski definition) is 1. The summed E-state index contributed by atoms with van der Waals surface area (Å²) < 4.78 is 50.7. The quantitative estimate of drug-likeness (QED) is 0.315. The number of carbonyl (C=O) groups is 1. The van der Waals surface area contributed by atoms with Gasteiger partial charge in [0.1, 0.15) is 12.0 Å². The number of hydrogen-bond acceptors (Lipinski definition) is 6. The molecule has 2 aromatic heterocycles. The highest BCUT2D eigenvalue weighted by Gasteiger charge is 2.30. The first-order chi connectivity index (χ1) is 17.8. The number of nitrogens with zero attached hydrogens (tertiary/aromatic N) is 3. The van der Waals surface area contributed by atoms with E-state index in [1.54, 1.807) is 31.6 Å². The number of benzene rings is 2. The number of amides is 1. The highest BCUT2D eigenvalue weighted by Crippen LogP contribution is 2.30. The monoisotopic (exact) mass is 510 g/mol. The first-order valence-electron chi connectivity index (χ1n) is 11.4. The summed E-state index contributed by atoms with van der Waals surface area (Å²) in [7, 11) is 1.56. The van der Waals surface area contributed by atoms with Gasteiger partial charge in [-0.1, -0.05) is 42.5 Å². The van der Waals surface area contributed by atoms with E-state index in [-0.39, 0.29) is 31.2 Å². The van der Waals surface area contributed by atoms with Gasteiger partial charge in [0.05, 0.1) is 19.2 Å². The number of alkyl halides is 3. The van der Waals surface area contributed by atoms with Gasteiger partial charge in [0.2, 0.25) is 5.89 Å². The normalized spacial score (nSPS) is 11.5. The molecular formula is C27H25F3N4O3. The molecule has 0 saturated heterocycles. The lowest BCUT2D eigenvalue weighted by atomic mass is 10.1. The molecule has 1 amide bonds. The third-order valence-electron chi connectivity index (χ3n) is 5.57. The molecule has 0 aliphatic carbocycles. The van der Waals surface area contributed by atoms with Crippen LogP contribution in [0, 0.1) is 0 Å². The van der Waals surface area contributed by atoms with Crippen molar-refractivity contribution in [3.8, 4) is 5.75 Å². The maximum atomic E-state index is 13.3. The maximum absolute atomic E-state index is 13.3. The molecule has 0 atom stereocenters. The van der Waals surface area contributed by atoms with Crippen LogP contribution in [0.5, 0.6) is 5.75 Å². The van der Waals surface area contributed by atoms with E-state index >= 15 is 0 Å². The number of methoxy groups -OCH3 is 1. The van der Waals surface area contributed by atoms with Crippen molar-refractivity contribution in [2.24, 2.45) is 0 Å². The predicted molar refractivity (Wildman–Crippen MR) is 129 cm³/mol. The van der Waals surface area contributed by atoms with Crippen molar-refractivity contribution < 1.29 is 27.1 Å². The van der Waals surface area contributed by atoms with Crippen LogP contribution in [0.15, 0.2) is 83.7 Å². The first kappa shape index (κ1) is 25.9. The molecule has 0 spiro atoms. The number of oxazole rings is 1. The molecule has 192 valence electrons. The molecule has 4 rings (SSSR count). The van der Waals surface area contributed by atoms with E-state index in [1.165, 1.54) is 12.3 Å². The molecule has 0 fully saturated rings. The van der Waals surface area contributed by atoms with Gasteiger partial charge in [-0.25, -0.2) is 4.98 Å². The van der Waals surface area contributed by atoms with E-state index in [2.05, 4.69) is 15.3 Å². The lowest BCUT2D eigenvalue weighted by Gasteiger charge is -2.22. The molecule has 0 aliphatic rings. The minimum atomic E-state index is -4.44. The number of para-hydroxylation sites is 1. The van der Waals surface area contributed by atoms with Crippen LogP contribution in [0.3, 0.4) is 0 Å². The zero-order valence-electron chi connectivity index (χ0n) is 20.0. The lowest BCUT2D eigenvalue weighted by molar-refractivity contribution is -0.137. The van der Waals surface area contributed by atoms with Gasteiger partial charge in [0.15, 0.2) is 5.69 Å². The molecular weight excluding hydrogens is 485 g/mol. The summed E-state index contributed by atoms with van der Waals surface area (Å²) in [5, 5.41) is 2.76. The van der Waals surface area contributed by atoms with E-state index in [4.69, 9.17) is 9.15 Å². The molecule has 4 aromatic rings. The summed E-state index contributed by atoms with van der Waals surface area (Å²) in [6.45, 7) is 0.979. The Bertz CT molecular complexity index is 1330. The maximum Gasteiger partial charge on any atom is 0.416 e. The second-order valence-corrected chi connectivity index (χ2v) is 8.33. The zero-order chi connectivity index (χ0) is 26.3. The van der Waals surface area contributed by atoms with Gasteiger partial charge in [-0.05, 0) is 29.3 Å². The molecule has 37 heavy (non-hydrogen) atoms. The van der Waals surface area contributed by atoms with Crippen LogP contribution in [-0.4, -0.2) is 27.9 Å². The molecule has 0 aliphatic heterocycles. The SMILES string of the molecule is COc1ccccc1CN(Cc1cccc(C(F)(F)F)c1)Cc1nc(C(=O)NCc2cccnc2)co1. The Morgan fingerprint density at radius 2 is 1.84 bits per heavy atom. The highest BCUT2D eigenvalue weighted by molar-refractivity contribution is 5.91. The van der Waals surface area contributed by atoms with Crippen LogP contribution in [0.1, 0.15) is 38.6 Å². The molecule has 0 unspecified atom stereocenters. The second kappa shape index (κ2) is 11.7. The average molecular weight is 511 g/mol. The Hall–Kier alpha value is -4.18. The fourth-order valence-corrected chi connectivity index (χ4v) is 3.80. The van der Waals surface area contributed by atoms with Crippen molar-refractivity contribution in [1.82, 2.24) is 20.2 Å². The Morgan fingerprint density at radius 1 is 1.03 bits per heavy atom. The van der Waals surface area contributed by atoms with Gasteiger partial charge in [-0.2, -0.15) is 13.2 Å². The van der Waals surface area contributed by atoms with Crippen LogP contribution in [0.4, 0.5) is 13.2 Å². The molecule has 7 nitrogen and oxygen atoms in total. The standard InChI is InChI=1S/C27H25F3N4O3/c1-36-24-10-3-2-8-21(24)16-34(15-19-6-4-9-22(12-19)27(28,29)30)17-25-33-23(18-37-25)26(35)32-14-20-7-5-11-31-13-20/h2-13,18H,14-17H2,1H3,(H,32,35). The van der Waals surface area contributed by atoms with Gasteiger partial charge in [0, 0.05) is 37.6 Å². The highest BCUT2D eigenvalue weighted by atomic mass is 19.4. The Morgan fingerprint density at radius 3 is 2.59 bits per heavy atom. The molecule has 2 aromatic carbocycles. The Labute approximate surface area is 211 Å². The van der Waals surface area contributed by atoms with Crippen molar-refractivity contribution in [3.05, 3.63) is 113 Å². The van der Waals surface area contributed by atoms with Crippen LogP contribution in [0.2, 0.25) is 0 Å². The van der Waals surface area contributed by atoms with E-state index in [9.17, 15) is 18.0 Å². The van der Waals surface area contributed by atoms with Crippen molar-refractivity contribution in [2.75, 3.05) is 7.11 Å². The van der Waals surface area contributed by atoms with E-state index in [0.29, 0.717) is 17.9 Å². The number of nitrogens with one attached hydrogen (secondary N) is 1. The minimum Gasteiger partial charge on any atom is -0.496 e. The average Bonchev–Trinajstić information content (AvgIpc) is 3.36. The van der Waals surface area contributed by atoms with Crippen LogP contribution >= 0.6 is 0 Å². The van der Waals surface area contributed by atoms with E-state index in [0.717, 1.165) is 23.3 Å². The van der Waals surface area contributed by atoms with Crippen molar-refractivity contribution >= 4 is 5.91 Å². The summed E-state index contributed by atoms with van der Waals surface area (Å²) in [6.07, 6.45) is 0.118. The third-order valence-corrected chi connectivity index (χ3v) is 5.57. The third kappa shape index (κ3) is 7.17. The van der Waals surface area contributed by atoms with Gasteiger partial charge >= 0.3 is 6.18 Å². The molecule has 0 radical (unpaired) electrons. The lowest BCUT2D eigenvalue weighted by Crippen LogP contribution is -2.24. The summed E-state index contributed by atoms with van der Waals surface area (Å²) in [4.78, 5) is 22.7. The van der Waals surface area contributed by atoms with Gasteiger partial charge < -0.3 is 14.5 Å². The predicted octanol–water partition coefficient (Wildman–Crippen LogP) is 5.23. The Kier molecular flexibility index (Phi) is 8.19. The number of halogens is 3. The largest absolute Gasteiger partial charge is 0.496 e. The first-order valence-corrected chi connectivity index (χ1v) is 11.4. The van der Waals surface area contributed by atoms with E-state index in [1.807, 2.05) is 35.2 Å². The van der Waals surface area contributed by atoms with Crippen molar-refractivity contribution in [2.45, 2.75) is 32.4 Å². The van der Waals surface area contributed by atoms with Crippen molar-refractivity contribution in [3.63, 3.8) is 0 Å². The van der Waals surface area contributed by atoms with E-state index < -0.39 is 17.6 Å². The summed E-state index contributed by atoms with van der Waals surface area (Å²) in [5.74, 6) is 0.501. The number of ether oxygens (including phenoxy) is 1. The van der Waals surface area contributed by atoms with Crippen LogP contribution in [0.25, 0.3) is 0 Å². The zero-order valence-corrected chi connectivity index (χ0v) is 20.0. The molecule has 0 bridgehead atoms. The molecule has 0 saturated carbocycles. The van der Waals surface area contributed by atoms with Gasteiger partial charge in [-0.15, -0.1) is 0 Å². The van der Waals surface area contributed by atoms with Gasteiger partial charge in [0.25, 0.3) is 5.91 Å². The smallest absolute Gasteiger partial charge is 0.416 e. The number of rotatable bonds is 10. The van der Waals surface area contributed by atoms with Crippen LogP contribution < -0.4 is 10.1 Å². The number of pyridine rings is 1.